The molecule has 0 saturated heterocycles. The van der Waals surface area contributed by atoms with Crippen LogP contribution in [0.4, 0.5) is 25.1 Å². The Morgan fingerprint density at radius 1 is 1.10 bits per heavy atom. The number of carboxylic acids is 1. The topological polar surface area (TPSA) is 91.3 Å². The van der Waals surface area contributed by atoms with Crippen LogP contribution in [0.15, 0.2) is 36.4 Å². The Morgan fingerprint density at radius 2 is 1.86 bits per heavy atom. The van der Waals surface area contributed by atoms with E-state index in [9.17, 15) is 18.4 Å². The Bertz CT molecular complexity index is 707. The molecule has 1 aromatic carbocycles. The summed E-state index contributed by atoms with van der Waals surface area (Å²) in [6, 6.07) is 5.85. The third-order valence-corrected chi connectivity index (χ3v) is 2.39. The van der Waals surface area contributed by atoms with Crippen molar-refractivity contribution in [3.8, 4) is 0 Å². The van der Waals surface area contributed by atoms with Crippen LogP contribution in [0.2, 0.25) is 0 Å². The highest BCUT2D eigenvalue weighted by Gasteiger charge is 2.10. The Hall–Kier alpha value is -3.03. The van der Waals surface area contributed by atoms with E-state index in [0.717, 1.165) is 12.1 Å². The Labute approximate surface area is 117 Å². The molecule has 0 atom stereocenters. The molecular formula is C13H9F2N3O3. The fourth-order valence-corrected chi connectivity index (χ4v) is 1.48. The highest BCUT2D eigenvalue weighted by molar-refractivity contribution is 5.99. The van der Waals surface area contributed by atoms with Crippen LogP contribution in [-0.4, -0.2) is 22.1 Å². The van der Waals surface area contributed by atoms with Gasteiger partial charge < -0.3 is 10.4 Å². The Balaban J connectivity index is 2.08. The molecule has 0 aliphatic heterocycles. The number of benzene rings is 1. The highest BCUT2D eigenvalue weighted by Crippen LogP contribution is 2.15. The highest BCUT2D eigenvalue weighted by atomic mass is 19.1. The van der Waals surface area contributed by atoms with Gasteiger partial charge in [-0.2, -0.15) is 0 Å². The van der Waals surface area contributed by atoms with E-state index >= 15 is 0 Å². The van der Waals surface area contributed by atoms with Gasteiger partial charge in [0, 0.05) is 6.07 Å². The molecule has 2 rings (SSSR count). The fraction of sp³-hybridized carbons (Fsp3) is 0. The lowest BCUT2D eigenvalue weighted by Gasteiger charge is -2.08. The number of hydrogen-bond donors (Lipinski definition) is 3. The van der Waals surface area contributed by atoms with Gasteiger partial charge in [0.25, 0.3) is 0 Å². The van der Waals surface area contributed by atoms with Crippen LogP contribution in [0.5, 0.6) is 0 Å². The van der Waals surface area contributed by atoms with Gasteiger partial charge in [0.2, 0.25) is 0 Å². The lowest BCUT2D eigenvalue weighted by Crippen LogP contribution is -2.21. The van der Waals surface area contributed by atoms with Crippen molar-refractivity contribution in [2.75, 3.05) is 10.6 Å². The summed E-state index contributed by atoms with van der Waals surface area (Å²) in [5.41, 5.74) is -0.468. The number of nitrogens with one attached hydrogen (secondary N) is 2. The summed E-state index contributed by atoms with van der Waals surface area (Å²) in [6.45, 7) is 0. The van der Waals surface area contributed by atoms with Crippen LogP contribution in [0.1, 0.15) is 10.5 Å². The number of amides is 2. The molecule has 21 heavy (non-hydrogen) atoms. The maximum Gasteiger partial charge on any atom is 0.354 e. The summed E-state index contributed by atoms with van der Waals surface area (Å²) >= 11 is 0. The number of halogens is 2. The summed E-state index contributed by atoms with van der Waals surface area (Å²) in [4.78, 5) is 26.0. The number of urea groups is 1. The van der Waals surface area contributed by atoms with E-state index in [-0.39, 0.29) is 17.2 Å². The van der Waals surface area contributed by atoms with Crippen molar-refractivity contribution in [3.63, 3.8) is 0 Å². The van der Waals surface area contributed by atoms with Crippen LogP contribution >= 0.6 is 0 Å². The zero-order valence-electron chi connectivity index (χ0n) is 10.4. The molecule has 2 amide bonds. The standard InChI is InChI=1S/C13H9F2N3O3/c14-7-4-5-9(8(15)6-7)17-13(21)18-11-3-1-2-10(16-11)12(19)20/h1-6H,(H,19,20)(H2,16,17,18,21). The molecule has 0 aliphatic rings. The van der Waals surface area contributed by atoms with Crippen molar-refractivity contribution in [1.82, 2.24) is 4.98 Å². The molecule has 0 bridgehead atoms. The number of pyridine rings is 1. The Kier molecular flexibility index (Phi) is 4.07. The first-order valence-corrected chi connectivity index (χ1v) is 5.69. The fourth-order valence-electron chi connectivity index (χ4n) is 1.48. The van der Waals surface area contributed by atoms with Crippen molar-refractivity contribution >= 4 is 23.5 Å². The van der Waals surface area contributed by atoms with Gasteiger partial charge in [0.15, 0.2) is 5.69 Å². The number of nitrogens with zero attached hydrogens (tertiary/aromatic N) is 1. The average molecular weight is 293 g/mol. The van der Waals surface area contributed by atoms with Crippen LogP contribution in [0.25, 0.3) is 0 Å². The number of carboxylic acid groups (broad SMARTS) is 1. The van der Waals surface area contributed by atoms with E-state index in [2.05, 4.69) is 15.6 Å². The molecule has 0 unspecified atom stereocenters. The van der Waals surface area contributed by atoms with E-state index in [0.29, 0.717) is 6.07 Å². The number of carbonyl (C=O) groups is 2. The van der Waals surface area contributed by atoms with Gasteiger partial charge in [-0.3, -0.25) is 5.32 Å². The third kappa shape index (κ3) is 3.72. The number of carbonyl (C=O) groups excluding carboxylic acids is 1. The van der Waals surface area contributed by atoms with Crippen LogP contribution in [0.3, 0.4) is 0 Å². The number of rotatable bonds is 3. The smallest absolute Gasteiger partial charge is 0.354 e. The van der Waals surface area contributed by atoms with Gasteiger partial charge in [0.1, 0.15) is 17.5 Å². The maximum atomic E-state index is 13.3. The second-order valence-electron chi connectivity index (χ2n) is 3.92. The molecular weight excluding hydrogens is 284 g/mol. The summed E-state index contributed by atoms with van der Waals surface area (Å²) in [7, 11) is 0. The van der Waals surface area contributed by atoms with Gasteiger partial charge in [-0.1, -0.05) is 6.07 Å². The lowest BCUT2D eigenvalue weighted by molar-refractivity contribution is 0.0690. The number of aromatic nitrogens is 1. The van der Waals surface area contributed by atoms with Crippen molar-refractivity contribution in [2.45, 2.75) is 0 Å². The van der Waals surface area contributed by atoms with Crippen molar-refractivity contribution in [1.29, 1.82) is 0 Å². The van der Waals surface area contributed by atoms with E-state index in [1.807, 2.05) is 0 Å². The first-order valence-electron chi connectivity index (χ1n) is 5.69. The van der Waals surface area contributed by atoms with E-state index < -0.39 is 23.6 Å². The molecule has 6 nitrogen and oxygen atoms in total. The largest absolute Gasteiger partial charge is 0.477 e. The van der Waals surface area contributed by atoms with Crippen LogP contribution in [-0.2, 0) is 0 Å². The molecule has 0 radical (unpaired) electrons. The minimum Gasteiger partial charge on any atom is -0.477 e. The first kappa shape index (κ1) is 14.4. The Morgan fingerprint density at radius 3 is 2.52 bits per heavy atom. The molecule has 1 heterocycles. The number of hydrogen-bond acceptors (Lipinski definition) is 3. The monoisotopic (exact) mass is 293 g/mol. The summed E-state index contributed by atoms with van der Waals surface area (Å²) in [5.74, 6) is -2.97. The van der Waals surface area contributed by atoms with E-state index in [1.54, 1.807) is 0 Å². The van der Waals surface area contributed by atoms with Crippen LogP contribution < -0.4 is 10.6 Å². The lowest BCUT2D eigenvalue weighted by atomic mass is 10.3. The van der Waals surface area contributed by atoms with Crippen molar-refractivity contribution in [2.24, 2.45) is 0 Å². The summed E-state index contributed by atoms with van der Waals surface area (Å²) in [5, 5.41) is 13.2. The molecule has 2 aromatic rings. The second kappa shape index (κ2) is 5.95. The van der Waals surface area contributed by atoms with Gasteiger partial charge >= 0.3 is 12.0 Å². The predicted molar refractivity (Wildman–Crippen MR) is 70.2 cm³/mol. The molecule has 108 valence electrons. The van der Waals surface area contributed by atoms with Gasteiger partial charge in [-0.25, -0.2) is 23.4 Å². The average Bonchev–Trinajstić information content (AvgIpc) is 2.42. The zero-order chi connectivity index (χ0) is 15.4. The molecule has 0 spiro atoms. The van der Waals surface area contributed by atoms with Gasteiger partial charge in [-0.05, 0) is 24.3 Å². The molecule has 3 N–H and O–H groups in total. The maximum absolute atomic E-state index is 13.3. The molecule has 0 saturated carbocycles. The zero-order valence-corrected chi connectivity index (χ0v) is 10.4. The molecule has 0 aliphatic carbocycles. The van der Waals surface area contributed by atoms with Crippen molar-refractivity contribution < 1.29 is 23.5 Å². The quantitative estimate of drug-likeness (QED) is 0.811. The molecule has 0 fully saturated rings. The van der Waals surface area contributed by atoms with E-state index in [1.165, 1.54) is 18.2 Å². The van der Waals surface area contributed by atoms with Gasteiger partial charge in [-0.15, -0.1) is 0 Å². The normalized spacial score (nSPS) is 10.0. The molecule has 1 aromatic heterocycles. The van der Waals surface area contributed by atoms with Crippen molar-refractivity contribution in [3.05, 3.63) is 53.7 Å². The summed E-state index contributed by atoms with van der Waals surface area (Å²) < 4.78 is 26.1. The predicted octanol–water partition coefficient (Wildman–Crippen LogP) is 2.70. The first-order chi connectivity index (χ1) is 9.95. The van der Waals surface area contributed by atoms with Crippen LogP contribution in [0, 0.1) is 11.6 Å². The number of anilines is 2. The minimum absolute atomic E-state index is 0.0186. The van der Waals surface area contributed by atoms with Gasteiger partial charge in [0.05, 0.1) is 5.69 Å². The number of aromatic carboxylic acids is 1. The SMILES string of the molecule is O=C(Nc1cccc(C(=O)O)n1)Nc1ccc(F)cc1F. The van der Waals surface area contributed by atoms with E-state index in [4.69, 9.17) is 5.11 Å². The molecule has 8 heteroatoms. The third-order valence-electron chi connectivity index (χ3n) is 2.39. The minimum atomic E-state index is -1.25. The second-order valence-corrected chi connectivity index (χ2v) is 3.92. The summed E-state index contributed by atoms with van der Waals surface area (Å²) in [6.07, 6.45) is 0.